The Kier molecular flexibility index (Phi) is 4.67. The molecule has 1 aliphatic heterocycles. The third kappa shape index (κ3) is 3.54. The van der Waals surface area contributed by atoms with Gasteiger partial charge in [0, 0.05) is 25.2 Å². The van der Waals surface area contributed by atoms with Gasteiger partial charge in [0.15, 0.2) is 0 Å². The van der Waals surface area contributed by atoms with Crippen molar-refractivity contribution >= 4 is 11.9 Å². The minimum absolute atomic E-state index is 0.0174. The van der Waals surface area contributed by atoms with Gasteiger partial charge in [-0.2, -0.15) is 13.2 Å². The summed E-state index contributed by atoms with van der Waals surface area (Å²) in [6.45, 7) is 0.152. The first-order valence-electron chi connectivity index (χ1n) is 7.87. The van der Waals surface area contributed by atoms with Crippen LogP contribution in [0.5, 0.6) is 0 Å². The molecule has 1 aromatic carbocycles. The van der Waals surface area contributed by atoms with E-state index >= 15 is 0 Å². The molecule has 1 aliphatic rings. The third-order valence-corrected chi connectivity index (χ3v) is 4.46. The quantitative estimate of drug-likeness (QED) is 0.909. The van der Waals surface area contributed by atoms with Crippen molar-refractivity contribution in [2.75, 3.05) is 13.1 Å². The van der Waals surface area contributed by atoms with Crippen LogP contribution in [0.3, 0.4) is 0 Å². The van der Waals surface area contributed by atoms with E-state index < -0.39 is 29.5 Å². The number of hydrogen-bond acceptors (Lipinski definition) is 3. The molecule has 0 radical (unpaired) electrons. The van der Waals surface area contributed by atoms with Crippen molar-refractivity contribution < 1.29 is 27.9 Å². The SMILES string of the molecule is O=C(O)[C@@H]1CN(C(=O)c2ccc(C(F)(F)F)cn2)C[C@@H]1c1ccccc1. The molecule has 26 heavy (non-hydrogen) atoms. The average Bonchev–Trinajstić information content (AvgIpc) is 3.07. The lowest BCUT2D eigenvalue weighted by Gasteiger charge is -2.16. The summed E-state index contributed by atoms with van der Waals surface area (Å²) in [7, 11) is 0. The number of alkyl halides is 3. The number of carbonyl (C=O) groups excluding carboxylic acids is 1. The fourth-order valence-corrected chi connectivity index (χ4v) is 3.11. The first kappa shape index (κ1) is 17.9. The zero-order valence-corrected chi connectivity index (χ0v) is 13.5. The van der Waals surface area contributed by atoms with Gasteiger partial charge in [-0.25, -0.2) is 0 Å². The highest BCUT2D eigenvalue weighted by Gasteiger charge is 2.41. The van der Waals surface area contributed by atoms with Crippen molar-refractivity contribution in [1.29, 1.82) is 0 Å². The van der Waals surface area contributed by atoms with E-state index in [2.05, 4.69) is 4.98 Å². The fourth-order valence-electron chi connectivity index (χ4n) is 3.11. The number of carboxylic acids is 1. The van der Waals surface area contributed by atoms with Gasteiger partial charge in [0.2, 0.25) is 0 Å². The first-order valence-corrected chi connectivity index (χ1v) is 7.87. The van der Waals surface area contributed by atoms with E-state index in [4.69, 9.17) is 0 Å². The Bertz CT molecular complexity index is 807. The van der Waals surface area contributed by atoms with Gasteiger partial charge in [-0.3, -0.25) is 14.6 Å². The van der Waals surface area contributed by atoms with Crippen LogP contribution in [0.25, 0.3) is 0 Å². The Labute approximate surface area is 147 Å². The summed E-state index contributed by atoms with van der Waals surface area (Å²) in [5.74, 6) is -2.76. The van der Waals surface area contributed by atoms with Crippen LogP contribution in [0.4, 0.5) is 13.2 Å². The number of rotatable bonds is 3. The number of hydrogen-bond donors (Lipinski definition) is 1. The minimum atomic E-state index is -4.53. The van der Waals surface area contributed by atoms with Gasteiger partial charge >= 0.3 is 12.1 Å². The highest BCUT2D eigenvalue weighted by Crippen LogP contribution is 2.34. The summed E-state index contributed by atoms with van der Waals surface area (Å²) >= 11 is 0. The summed E-state index contributed by atoms with van der Waals surface area (Å²) in [5, 5.41) is 9.46. The molecule has 0 unspecified atom stereocenters. The van der Waals surface area contributed by atoms with Crippen LogP contribution in [0, 0.1) is 5.92 Å². The van der Waals surface area contributed by atoms with E-state index in [-0.39, 0.29) is 24.7 Å². The molecule has 1 N–H and O–H groups in total. The number of halogens is 3. The second-order valence-corrected chi connectivity index (χ2v) is 6.10. The van der Waals surface area contributed by atoms with Gasteiger partial charge in [0.25, 0.3) is 5.91 Å². The van der Waals surface area contributed by atoms with Gasteiger partial charge in [0.05, 0.1) is 11.5 Å². The van der Waals surface area contributed by atoms with Crippen LogP contribution in [0.15, 0.2) is 48.7 Å². The van der Waals surface area contributed by atoms with E-state index in [1.54, 1.807) is 24.3 Å². The highest BCUT2D eigenvalue weighted by molar-refractivity contribution is 5.93. The average molecular weight is 364 g/mol. The summed E-state index contributed by atoms with van der Waals surface area (Å²) < 4.78 is 37.8. The lowest BCUT2D eigenvalue weighted by molar-refractivity contribution is -0.141. The van der Waals surface area contributed by atoms with Crippen molar-refractivity contribution in [2.45, 2.75) is 12.1 Å². The fraction of sp³-hybridized carbons (Fsp3) is 0.278. The van der Waals surface area contributed by atoms with E-state index in [9.17, 15) is 27.9 Å². The van der Waals surface area contributed by atoms with Crippen molar-refractivity contribution in [1.82, 2.24) is 9.88 Å². The summed E-state index contributed by atoms with van der Waals surface area (Å²) in [6, 6.07) is 10.8. The molecule has 1 fully saturated rings. The van der Waals surface area contributed by atoms with Crippen LogP contribution in [-0.4, -0.2) is 40.0 Å². The van der Waals surface area contributed by atoms with Crippen molar-refractivity contribution in [2.24, 2.45) is 5.92 Å². The summed E-state index contributed by atoms with van der Waals surface area (Å²) in [5.41, 5.74) is -0.285. The number of likely N-dealkylation sites (tertiary alicyclic amines) is 1. The number of nitrogens with zero attached hydrogens (tertiary/aromatic N) is 2. The summed E-state index contributed by atoms with van der Waals surface area (Å²) in [4.78, 5) is 29.0. The van der Waals surface area contributed by atoms with Gasteiger partial charge < -0.3 is 10.0 Å². The number of pyridine rings is 1. The standard InChI is InChI=1S/C18H15F3N2O3/c19-18(20,21)12-6-7-15(22-8-12)16(24)23-9-13(14(10-23)17(25)26)11-4-2-1-3-5-11/h1-8,13-14H,9-10H2,(H,25,26)/t13-,14-/m1/s1. The van der Waals surface area contributed by atoms with Crippen LogP contribution in [0.2, 0.25) is 0 Å². The maximum atomic E-state index is 12.6. The van der Waals surface area contributed by atoms with Crippen molar-refractivity contribution in [3.63, 3.8) is 0 Å². The molecular weight excluding hydrogens is 349 g/mol. The van der Waals surface area contributed by atoms with Crippen LogP contribution >= 0.6 is 0 Å². The Balaban J connectivity index is 1.81. The van der Waals surface area contributed by atoms with E-state index in [1.807, 2.05) is 6.07 Å². The molecule has 1 aromatic heterocycles. The lowest BCUT2D eigenvalue weighted by Crippen LogP contribution is -2.30. The Hall–Kier alpha value is -2.90. The molecule has 5 nitrogen and oxygen atoms in total. The number of carboxylic acid groups (broad SMARTS) is 1. The summed E-state index contributed by atoms with van der Waals surface area (Å²) in [6.07, 6.45) is -3.93. The maximum absolute atomic E-state index is 12.6. The topological polar surface area (TPSA) is 70.5 Å². The number of aliphatic carboxylic acids is 1. The van der Waals surface area contributed by atoms with Crippen molar-refractivity contribution in [3.05, 3.63) is 65.5 Å². The predicted molar refractivity (Wildman–Crippen MR) is 85.5 cm³/mol. The third-order valence-electron chi connectivity index (χ3n) is 4.46. The van der Waals surface area contributed by atoms with E-state index in [1.165, 1.54) is 4.90 Å². The second-order valence-electron chi connectivity index (χ2n) is 6.10. The second kappa shape index (κ2) is 6.78. The normalized spacial score (nSPS) is 20.2. The molecule has 136 valence electrons. The van der Waals surface area contributed by atoms with Crippen LogP contribution in [-0.2, 0) is 11.0 Å². The Morgan fingerprint density at radius 1 is 1.08 bits per heavy atom. The molecule has 2 atom stereocenters. The Morgan fingerprint density at radius 2 is 1.77 bits per heavy atom. The zero-order chi connectivity index (χ0) is 18.9. The molecular formula is C18H15F3N2O3. The smallest absolute Gasteiger partial charge is 0.417 e. The molecule has 1 amide bonds. The van der Waals surface area contributed by atoms with Gasteiger partial charge in [-0.1, -0.05) is 30.3 Å². The molecule has 2 heterocycles. The number of benzene rings is 1. The predicted octanol–water partition coefficient (Wildman–Crippen LogP) is 3.04. The molecule has 0 saturated carbocycles. The lowest BCUT2D eigenvalue weighted by atomic mass is 9.89. The van der Waals surface area contributed by atoms with Crippen LogP contribution < -0.4 is 0 Å². The number of amides is 1. The monoisotopic (exact) mass is 364 g/mol. The van der Waals surface area contributed by atoms with Gasteiger partial charge in [-0.15, -0.1) is 0 Å². The van der Waals surface area contributed by atoms with Crippen molar-refractivity contribution in [3.8, 4) is 0 Å². The van der Waals surface area contributed by atoms with E-state index in [0.29, 0.717) is 6.20 Å². The van der Waals surface area contributed by atoms with Gasteiger partial charge in [-0.05, 0) is 17.7 Å². The Morgan fingerprint density at radius 3 is 2.31 bits per heavy atom. The number of aromatic nitrogens is 1. The molecule has 2 aromatic rings. The molecule has 3 rings (SSSR count). The zero-order valence-electron chi connectivity index (χ0n) is 13.5. The number of carbonyl (C=O) groups is 2. The molecule has 8 heteroatoms. The van der Waals surface area contributed by atoms with Crippen LogP contribution in [0.1, 0.15) is 27.5 Å². The van der Waals surface area contributed by atoms with E-state index in [0.717, 1.165) is 17.7 Å². The molecule has 1 saturated heterocycles. The van der Waals surface area contributed by atoms with Gasteiger partial charge in [0.1, 0.15) is 5.69 Å². The maximum Gasteiger partial charge on any atom is 0.417 e. The minimum Gasteiger partial charge on any atom is -0.481 e. The molecule has 0 aliphatic carbocycles. The molecule has 0 bridgehead atoms. The molecule has 0 spiro atoms. The largest absolute Gasteiger partial charge is 0.481 e. The first-order chi connectivity index (χ1) is 12.3. The highest BCUT2D eigenvalue weighted by atomic mass is 19.4.